The maximum Gasteiger partial charge on any atom is 0.296 e. The number of rotatable bonds is 8. The van der Waals surface area contributed by atoms with E-state index >= 15 is 0 Å². The van der Waals surface area contributed by atoms with Crippen molar-refractivity contribution in [3.8, 4) is 5.75 Å². The number of hydrogen-bond donors (Lipinski definition) is 3. The fourth-order valence-electron chi connectivity index (χ4n) is 1.93. The monoisotopic (exact) mass is 318 g/mol. The van der Waals surface area contributed by atoms with Crippen molar-refractivity contribution in [3.63, 3.8) is 0 Å². The van der Waals surface area contributed by atoms with E-state index in [-0.39, 0.29) is 17.9 Å². The van der Waals surface area contributed by atoms with Gasteiger partial charge < -0.3 is 20.3 Å². The Morgan fingerprint density at radius 3 is 2.61 bits per heavy atom. The van der Waals surface area contributed by atoms with E-state index in [1.807, 2.05) is 30.3 Å². The van der Waals surface area contributed by atoms with Crippen molar-refractivity contribution in [2.75, 3.05) is 18.5 Å². The van der Waals surface area contributed by atoms with Crippen LogP contribution >= 0.6 is 0 Å². The first kappa shape index (κ1) is 16.7. The molecule has 1 unspecified atom stereocenters. The highest BCUT2D eigenvalue weighted by Gasteiger charge is 2.16. The van der Waals surface area contributed by atoms with Gasteiger partial charge in [0.15, 0.2) is 0 Å². The Kier molecular flexibility index (Phi) is 5.90. The van der Waals surface area contributed by atoms with Gasteiger partial charge in [-0.25, -0.2) is 0 Å². The first-order chi connectivity index (χ1) is 11.1. The van der Waals surface area contributed by atoms with Crippen LogP contribution in [0.4, 0.5) is 11.4 Å². The van der Waals surface area contributed by atoms with E-state index < -0.39 is 17.6 Å². The van der Waals surface area contributed by atoms with E-state index in [9.17, 15) is 15.2 Å². The van der Waals surface area contributed by atoms with Gasteiger partial charge in [0.25, 0.3) is 5.69 Å². The molecule has 0 spiro atoms. The molecule has 0 heterocycles. The normalized spacial score (nSPS) is 11.7. The van der Waals surface area contributed by atoms with E-state index in [0.29, 0.717) is 12.4 Å². The molecular weight excluding hydrogens is 300 g/mol. The van der Waals surface area contributed by atoms with Crippen molar-refractivity contribution in [2.45, 2.75) is 12.7 Å². The third kappa shape index (κ3) is 4.94. The van der Waals surface area contributed by atoms with Gasteiger partial charge in [0.05, 0.1) is 23.7 Å². The van der Waals surface area contributed by atoms with E-state index in [1.165, 1.54) is 12.1 Å². The van der Waals surface area contributed by atoms with Crippen molar-refractivity contribution in [1.82, 2.24) is 0 Å². The minimum absolute atomic E-state index is 0.0154. The molecule has 2 aromatic carbocycles. The van der Waals surface area contributed by atoms with Crippen LogP contribution in [0.5, 0.6) is 5.75 Å². The summed E-state index contributed by atoms with van der Waals surface area (Å²) in [6, 6.07) is 13.9. The van der Waals surface area contributed by atoms with Crippen molar-refractivity contribution in [1.29, 1.82) is 0 Å². The largest absolute Gasteiger partial charge is 0.489 e. The van der Waals surface area contributed by atoms with Gasteiger partial charge in [-0.3, -0.25) is 10.1 Å². The molecule has 0 aromatic heterocycles. The topological polar surface area (TPSA) is 105 Å². The molecule has 7 nitrogen and oxygen atoms in total. The van der Waals surface area contributed by atoms with Crippen LogP contribution in [-0.2, 0) is 6.61 Å². The molecule has 0 amide bonds. The summed E-state index contributed by atoms with van der Waals surface area (Å²) >= 11 is 0. The van der Waals surface area contributed by atoms with Gasteiger partial charge in [0.1, 0.15) is 18.0 Å². The third-order valence-electron chi connectivity index (χ3n) is 3.15. The zero-order valence-electron chi connectivity index (χ0n) is 12.4. The van der Waals surface area contributed by atoms with Gasteiger partial charge >= 0.3 is 0 Å². The van der Waals surface area contributed by atoms with Crippen LogP contribution in [0.3, 0.4) is 0 Å². The highest BCUT2D eigenvalue weighted by atomic mass is 16.6. The molecule has 0 fully saturated rings. The van der Waals surface area contributed by atoms with Gasteiger partial charge in [-0.15, -0.1) is 0 Å². The molecule has 2 aromatic rings. The molecule has 122 valence electrons. The molecule has 0 bridgehead atoms. The predicted molar refractivity (Wildman–Crippen MR) is 85.5 cm³/mol. The number of hydrogen-bond acceptors (Lipinski definition) is 6. The number of aliphatic hydroxyl groups excluding tert-OH is 2. The Balaban J connectivity index is 2.07. The average molecular weight is 318 g/mol. The van der Waals surface area contributed by atoms with Crippen LogP contribution in [-0.4, -0.2) is 34.4 Å². The summed E-state index contributed by atoms with van der Waals surface area (Å²) in [6.07, 6.45) is -0.983. The summed E-state index contributed by atoms with van der Waals surface area (Å²) < 4.78 is 5.56. The van der Waals surface area contributed by atoms with Gasteiger partial charge in [0, 0.05) is 6.54 Å². The second-order valence-electron chi connectivity index (χ2n) is 4.93. The standard InChI is InChI=1S/C16H18N2O5/c19-10-13(20)9-17-15-7-6-14(8-16(15)18(21)22)23-11-12-4-2-1-3-5-12/h1-8,13,17,19-20H,9-11H2. The second kappa shape index (κ2) is 8.11. The van der Waals surface area contributed by atoms with Gasteiger partial charge in [-0.1, -0.05) is 30.3 Å². The van der Waals surface area contributed by atoms with Crippen molar-refractivity contribution in [3.05, 3.63) is 64.2 Å². The molecular formula is C16H18N2O5. The smallest absolute Gasteiger partial charge is 0.296 e. The van der Waals surface area contributed by atoms with Crippen LogP contribution in [0, 0.1) is 10.1 Å². The van der Waals surface area contributed by atoms with Crippen molar-refractivity contribution >= 4 is 11.4 Å². The van der Waals surface area contributed by atoms with Crippen LogP contribution < -0.4 is 10.1 Å². The molecule has 3 N–H and O–H groups in total. The first-order valence-corrected chi connectivity index (χ1v) is 7.08. The van der Waals surface area contributed by atoms with Crippen LogP contribution in [0.25, 0.3) is 0 Å². The Hall–Kier alpha value is -2.64. The van der Waals surface area contributed by atoms with Crippen LogP contribution in [0.1, 0.15) is 5.56 Å². The number of nitro benzene ring substituents is 1. The number of ether oxygens (including phenoxy) is 1. The molecule has 0 radical (unpaired) electrons. The summed E-state index contributed by atoms with van der Waals surface area (Å²) in [5.41, 5.74) is 1.07. The summed E-state index contributed by atoms with van der Waals surface area (Å²) in [5.74, 6) is 0.383. The predicted octanol–water partition coefficient (Wildman–Crippen LogP) is 1.94. The number of benzene rings is 2. The summed E-state index contributed by atoms with van der Waals surface area (Å²) in [6.45, 7) is -0.0887. The van der Waals surface area contributed by atoms with E-state index in [2.05, 4.69) is 5.32 Å². The molecule has 0 aliphatic heterocycles. The Morgan fingerprint density at radius 1 is 1.22 bits per heavy atom. The summed E-state index contributed by atoms with van der Waals surface area (Å²) in [5, 5.41) is 32.0. The Bertz CT molecular complexity index is 648. The third-order valence-corrected chi connectivity index (χ3v) is 3.15. The summed E-state index contributed by atoms with van der Waals surface area (Å²) in [7, 11) is 0. The van der Waals surface area contributed by atoms with Crippen LogP contribution in [0.2, 0.25) is 0 Å². The first-order valence-electron chi connectivity index (χ1n) is 7.08. The lowest BCUT2D eigenvalue weighted by Gasteiger charge is -2.12. The van der Waals surface area contributed by atoms with Gasteiger partial charge in [-0.2, -0.15) is 0 Å². The molecule has 0 saturated heterocycles. The SMILES string of the molecule is O=[N+]([O-])c1cc(OCc2ccccc2)ccc1NCC(O)CO. The minimum atomic E-state index is -0.983. The number of aliphatic hydroxyl groups is 2. The maximum absolute atomic E-state index is 11.2. The van der Waals surface area contributed by atoms with Crippen molar-refractivity contribution < 1.29 is 19.9 Å². The zero-order valence-corrected chi connectivity index (χ0v) is 12.4. The highest BCUT2D eigenvalue weighted by Crippen LogP contribution is 2.29. The molecule has 2 rings (SSSR count). The Labute approximate surface area is 133 Å². The highest BCUT2D eigenvalue weighted by molar-refractivity contribution is 5.63. The van der Waals surface area contributed by atoms with E-state index in [1.54, 1.807) is 6.07 Å². The van der Waals surface area contributed by atoms with Gasteiger partial charge in [-0.05, 0) is 17.7 Å². The van der Waals surface area contributed by atoms with Crippen molar-refractivity contribution in [2.24, 2.45) is 0 Å². The number of nitrogens with zero attached hydrogens (tertiary/aromatic N) is 1. The van der Waals surface area contributed by atoms with Gasteiger partial charge in [0.2, 0.25) is 0 Å². The quantitative estimate of drug-likeness (QED) is 0.507. The summed E-state index contributed by atoms with van der Waals surface area (Å²) in [4.78, 5) is 10.6. The fourth-order valence-corrected chi connectivity index (χ4v) is 1.93. The molecule has 0 aliphatic rings. The molecule has 7 heteroatoms. The lowest BCUT2D eigenvalue weighted by molar-refractivity contribution is -0.384. The minimum Gasteiger partial charge on any atom is -0.489 e. The number of nitro groups is 1. The lowest BCUT2D eigenvalue weighted by Crippen LogP contribution is -2.23. The fraction of sp³-hybridized carbons (Fsp3) is 0.250. The molecule has 0 saturated carbocycles. The number of anilines is 1. The lowest BCUT2D eigenvalue weighted by atomic mass is 10.2. The van der Waals surface area contributed by atoms with E-state index in [0.717, 1.165) is 5.56 Å². The molecule has 1 atom stereocenters. The van der Waals surface area contributed by atoms with E-state index in [4.69, 9.17) is 9.84 Å². The number of nitrogens with one attached hydrogen (secondary N) is 1. The zero-order chi connectivity index (χ0) is 16.7. The van der Waals surface area contributed by atoms with Crippen LogP contribution in [0.15, 0.2) is 48.5 Å². The Morgan fingerprint density at radius 2 is 1.96 bits per heavy atom. The molecule has 23 heavy (non-hydrogen) atoms. The second-order valence-corrected chi connectivity index (χ2v) is 4.93. The average Bonchev–Trinajstić information content (AvgIpc) is 2.58. The molecule has 0 aliphatic carbocycles. The maximum atomic E-state index is 11.2.